The Labute approximate surface area is 205 Å². The molecule has 186 valence electrons. The largest absolute Gasteiger partial charge is 0.458 e. The van der Waals surface area contributed by atoms with Crippen LogP contribution in [0.15, 0.2) is 23.3 Å². The van der Waals surface area contributed by atoms with Crippen LogP contribution in [0.5, 0.6) is 0 Å². The van der Waals surface area contributed by atoms with Crippen LogP contribution >= 0.6 is 0 Å². The van der Waals surface area contributed by atoms with Gasteiger partial charge in [-0.1, -0.05) is 57.8 Å². The summed E-state index contributed by atoms with van der Waals surface area (Å²) in [6, 6.07) is 0. The van der Waals surface area contributed by atoms with E-state index in [0.717, 1.165) is 38.5 Å². The van der Waals surface area contributed by atoms with Crippen LogP contribution in [0.2, 0.25) is 0 Å². The lowest BCUT2D eigenvalue weighted by molar-refractivity contribution is -0.151. The number of ether oxygens (including phenoxy) is 1. The first kappa shape index (κ1) is 24.0. The van der Waals surface area contributed by atoms with Gasteiger partial charge in [-0.25, -0.2) is 0 Å². The van der Waals surface area contributed by atoms with E-state index in [1.54, 1.807) is 0 Å². The molecule has 0 aromatic rings. The maximum atomic E-state index is 13.5. The normalized spacial score (nSPS) is 41.8. The molecule has 0 bridgehead atoms. The fourth-order valence-electron chi connectivity index (χ4n) is 9.08. The fraction of sp³-hybridized carbons (Fsp3) is 0.767. The minimum absolute atomic E-state index is 0.00131. The van der Waals surface area contributed by atoms with Gasteiger partial charge in [0, 0.05) is 24.2 Å². The van der Waals surface area contributed by atoms with E-state index in [9.17, 15) is 14.4 Å². The second-order valence-corrected chi connectivity index (χ2v) is 12.8. The molecule has 3 saturated carbocycles. The highest BCUT2D eigenvalue weighted by molar-refractivity contribution is 5.92. The number of hydrogen-bond acceptors (Lipinski definition) is 4. The Kier molecular flexibility index (Phi) is 6.18. The van der Waals surface area contributed by atoms with Gasteiger partial charge in [0.1, 0.15) is 6.61 Å². The Morgan fingerprint density at radius 3 is 2.56 bits per heavy atom. The monoisotopic (exact) mass is 466 g/mol. The molecule has 0 aromatic heterocycles. The summed E-state index contributed by atoms with van der Waals surface area (Å²) in [7, 11) is 0. The first-order valence-electron chi connectivity index (χ1n) is 13.8. The summed E-state index contributed by atoms with van der Waals surface area (Å²) in [6.07, 6.45) is 14.1. The molecule has 4 nitrogen and oxygen atoms in total. The maximum absolute atomic E-state index is 13.5. The van der Waals surface area contributed by atoms with Gasteiger partial charge in [0.25, 0.3) is 0 Å². The van der Waals surface area contributed by atoms with E-state index in [-0.39, 0.29) is 40.9 Å². The summed E-state index contributed by atoms with van der Waals surface area (Å²) in [5.74, 6) is 2.26. The third-order valence-electron chi connectivity index (χ3n) is 10.7. The van der Waals surface area contributed by atoms with Crippen LogP contribution in [0.1, 0.15) is 91.9 Å². The van der Waals surface area contributed by atoms with Gasteiger partial charge in [-0.05, 0) is 79.6 Å². The Bertz CT molecular complexity index is 937. The van der Waals surface area contributed by atoms with E-state index < -0.39 is 0 Å². The van der Waals surface area contributed by atoms with Gasteiger partial charge < -0.3 is 4.74 Å². The van der Waals surface area contributed by atoms with E-state index >= 15 is 0 Å². The predicted molar refractivity (Wildman–Crippen MR) is 132 cm³/mol. The molecule has 34 heavy (non-hydrogen) atoms. The zero-order valence-corrected chi connectivity index (χ0v) is 21.5. The van der Waals surface area contributed by atoms with Gasteiger partial charge in [0.05, 0.1) is 0 Å². The number of hydrogen-bond donors (Lipinski definition) is 0. The first-order valence-corrected chi connectivity index (χ1v) is 13.8. The molecule has 0 heterocycles. The van der Waals surface area contributed by atoms with Crippen molar-refractivity contribution in [2.24, 2.45) is 46.3 Å². The van der Waals surface area contributed by atoms with Crippen molar-refractivity contribution in [3.05, 3.63) is 23.3 Å². The zero-order valence-electron chi connectivity index (χ0n) is 21.5. The quantitative estimate of drug-likeness (QED) is 0.355. The van der Waals surface area contributed by atoms with Crippen LogP contribution in [0.25, 0.3) is 0 Å². The smallest absolute Gasteiger partial charge is 0.306 e. The van der Waals surface area contributed by atoms with Crippen LogP contribution in [-0.4, -0.2) is 24.1 Å². The van der Waals surface area contributed by atoms with E-state index in [4.69, 9.17) is 4.74 Å². The molecular formula is C30H42O4. The Morgan fingerprint density at radius 1 is 1.09 bits per heavy atom. The van der Waals surface area contributed by atoms with Crippen LogP contribution in [0, 0.1) is 46.3 Å². The minimum Gasteiger partial charge on any atom is -0.458 e. The van der Waals surface area contributed by atoms with Crippen molar-refractivity contribution >= 4 is 17.5 Å². The van der Waals surface area contributed by atoms with Crippen LogP contribution in [0.4, 0.5) is 0 Å². The van der Waals surface area contributed by atoms with Gasteiger partial charge >= 0.3 is 5.97 Å². The molecule has 0 saturated heterocycles. The number of rotatable bonds is 5. The van der Waals surface area contributed by atoms with E-state index in [0.29, 0.717) is 42.4 Å². The number of allylic oxidation sites excluding steroid dienone is 4. The molecule has 5 aliphatic rings. The van der Waals surface area contributed by atoms with Gasteiger partial charge in [-0.15, -0.1) is 0 Å². The molecule has 0 radical (unpaired) electrons. The highest BCUT2D eigenvalue weighted by Crippen LogP contribution is 2.66. The third kappa shape index (κ3) is 3.84. The summed E-state index contributed by atoms with van der Waals surface area (Å²) in [5.41, 5.74) is 2.79. The number of ketones is 2. The van der Waals surface area contributed by atoms with Crippen LogP contribution < -0.4 is 0 Å². The van der Waals surface area contributed by atoms with Gasteiger partial charge in [0.15, 0.2) is 11.6 Å². The third-order valence-corrected chi connectivity index (χ3v) is 10.7. The second kappa shape index (κ2) is 8.75. The fourth-order valence-corrected chi connectivity index (χ4v) is 9.08. The number of esters is 1. The van der Waals surface area contributed by atoms with Gasteiger partial charge in [-0.2, -0.15) is 0 Å². The molecule has 5 aliphatic carbocycles. The average molecular weight is 467 g/mol. The molecule has 0 N–H and O–H groups in total. The lowest BCUT2D eigenvalue weighted by atomic mass is 9.49. The number of carbonyl (C=O) groups excluding carboxylic acids is 3. The van der Waals surface area contributed by atoms with E-state index in [1.165, 1.54) is 24.0 Å². The molecule has 3 fully saturated rings. The summed E-state index contributed by atoms with van der Waals surface area (Å²) in [4.78, 5) is 38.0. The van der Waals surface area contributed by atoms with Crippen LogP contribution in [-0.2, 0) is 19.1 Å². The summed E-state index contributed by atoms with van der Waals surface area (Å²) >= 11 is 0. The van der Waals surface area contributed by atoms with Crippen molar-refractivity contribution < 1.29 is 19.1 Å². The molecular weight excluding hydrogens is 424 g/mol. The Hall–Kier alpha value is -1.71. The number of Topliss-reactive ketones (excluding diaryl/α,β-unsaturated/α-hetero) is 1. The van der Waals surface area contributed by atoms with Crippen molar-refractivity contribution in [3.8, 4) is 0 Å². The SMILES string of the molecule is CC1CC2C(=CC[C@@]3(C)C2C[C@@H](C)[C@@H]3C(=O)COC(=O)CC2CCCC2)[C@@]2(C)CCC(=O)C=C12. The molecule has 0 amide bonds. The van der Waals surface area contributed by atoms with Crippen molar-refractivity contribution in [3.63, 3.8) is 0 Å². The van der Waals surface area contributed by atoms with Crippen molar-refractivity contribution in [1.82, 2.24) is 0 Å². The van der Waals surface area contributed by atoms with E-state index in [1.807, 2.05) is 6.08 Å². The molecule has 4 heteroatoms. The maximum Gasteiger partial charge on any atom is 0.306 e. The lowest BCUT2D eigenvalue weighted by Gasteiger charge is -2.55. The second-order valence-electron chi connectivity index (χ2n) is 12.8. The molecule has 7 atom stereocenters. The van der Waals surface area contributed by atoms with Gasteiger partial charge in [0.2, 0.25) is 0 Å². The summed E-state index contributed by atoms with van der Waals surface area (Å²) < 4.78 is 5.53. The highest BCUT2D eigenvalue weighted by Gasteiger charge is 2.60. The molecule has 0 aromatic carbocycles. The predicted octanol–water partition coefficient (Wildman–Crippen LogP) is 6.24. The van der Waals surface area contributed by atoms with Crippen LogP contribution in [0.3, 0.4) is 0 Å². The van der Waals surface area contributed by atoms with Crippen molar-refractivity contribution in [2.75, 3.05) is 6.61 Å². The number of fused-ring (bicyclic) bond motifs is 5. The standard InChI is InChI=1S/C30H42O4/c1-18-13-22-23(29(3)11-9-21(31)16-24(18)29)10-12-30(4)25(22)14-19(2)28(30)26(32)17-34-27(33)15-20-7-5-6-8-20/h10,16,18-20,22,25,28H,5-9,11-15,17H2,1-4H3/t18?,19-,22?,25?,28-,29-,30+/m1/s1. The highest BCUT2D eigenvalue weighted by atomic mass is 16.5. The minimum atomic E-state index is -0.196. The van der Waals surface area contributed by atoms with E-state index in [2.05, 4.69) is 33.8 Å². The average Bonchev–Trinajstić information content (AvgIpc) is 3.38. The Morgan fingerprint density at radius 2 is 1.82 bits per heavy atom. The van der Waals surface area contributed by atoms with Crippen molar-refractivity contribution in [1.29, 1.82) is 0 Å². The lowest BCUT2D eigenvalue weighted by Crippen LogP contribution is -2.47. The number of carbonyl (C=O) groups is 3. The molecule has 0 aliphatic heterocycles. The zero-order chi connectivity index (χ0) is 24.3. The van der Waals surface area contributed by atoms with Gasteiger partial charge in [-0.3, -0.25) is 14.4 Å². The first-order chi connectivity index (χ1) is 16.1. The molecule has 5 rings (SSSR count). The summed E-state index contributed by atoms with van der Waals surface area (Å²) in [6.45, 7) is 9.13. The molecule has 3 unspecified atom stereocenters. The summed E-state index contributed by atoms with van der Waals surface area (Å²) in [5, 5.41) is 0. The topological polar surface area (TPSA) is 60.4 Å². The van der Waals surface area contributed by atoms with Crippen molar-refractivity contribution in [2.45, 2.75) is 91.9 Å². The molecule has 0 spiro atoms. The Balaban J connectivity index is 1.33.